The zero-order valence-electron chi connectivity index (χ0n) is 12.5. The third-order valence-electron chi connectivity index (χ3n) is 3.43. The molecule has 21 heavy (non-hydrogen) atoms. The third kappa shape index (κ3) is 4.21. The van der Waals surface area contributed by atoms with E-state index in [1.807, 2.05) is 44.2 Å². The first kappa shape index (κ1) is 15.4. The Hall–Kier alpha value is -2.04. The minimum Gasteiger partial charge on any atom is -0.445 e. The number of benzene rings is 1. The van der Waals surface area contributed by atoms with Crippen LogP contribution in [-0.2, 0) is 16.1 Å². The number of ether oxygens (including phenoxy) is 1. The van der Waals surface area contributed by atoms with E-state index in [9.17, 15) is 9.59 Å². The highest BCUT2D eigenvalue weighted by atomic mass is 16.6. The summed E-state index contributed by atoms with van der Waals surface area (Å²) < 4.78 is 5.30. The Labute approximate surface area is 125 Å². The molecule has 0 spiro atoms. The maximum Gasteiger partial charge on any atom is 0.410 e. The minimum atomic E-state index is -0.416. The molecule has 1 saturated heterocycles. The van der Waals surface area contributed by atoms with Gasteiger partial charge in [-0.05, 0) is 32.3 Å². The molecule has 5 heteroatoms. The molecule has 0 aromatic heterocycles. The summed E-state index contributed by atoms with van der Waals surface area (Å²) in [5.74, 6) is -0.0980. The summed E-state index contributed by atoms with van der Waals surface area (Å²) in [6.45, 7) is 4.62. The first-order chi connectivity index (χ1) is 10.1. The summed E-state index contributed by atoms with van der Waals surface area (Å²) in [6, 6.07) is 9.19. The van der Waals surface area contributed by atoms with Crippen LogP contribution < -0.4 is 5.32 Å². The van der Waals surface area contributed by atoms with E-state index >= 15 is 0 Å². The number of likely N-dealkylation sites (tertiary alicyclic amines) is 1. The molecule has 1 aliphatic rings. The van der Waals surface area contributed by atoms with Gasteiger partial charge < -0.3 is 10.1 Å². The van der Waals surface area contributed by atoms with Crippen molar-refractivity contribution in [3.8, 4) is 0 Å². The second-order valence-electron chi connectivity index (χ2n) is 5.55. The molecule has 2 rings (SSSR count). The SMILES string of the molecule is CC(C)NC(=O)C1CCCN1C(=O)OCc1ccccc1. The van der Waals surface area contributed by atoms with Crippen LogP contribution in [0, 0.1) is 0 Å². The van der Waals surface area contributed by atoms with Gasteiger partial charge in [-0.15, -0.1) is 0 Å². The molecule has 0 radical (unpaired) electrons. The van der Waals surface area contributed by atoms with Crippen LogP contribution in [0.4, 0.5) is 4.79 Å². The zero-order chi connectivity index (χ0) is 15.2. The van der Waals surface area contributed by atoms with Gasteiger partial charge in [0.1, 0.15) is 12.6 Å². The van der Waals surface area contributed by atoms with E-state index in [-0.39, 0.29) is 18.6 Å². The van der Waals surface area contributed by atoms with Gasteiger partial charge in [0.25, 0.3) is 0 Å². The van der Waals surface area contributed by atoms with Gasteiger partial charge >= 0.3 is 6.09 Å². The van der Waals surface area contributed by atoms with Crippen molar-refractivity contribution in [2.75, 3.05) is 6.54 Å². The van der Waals surface area contributed by atoms with Crippen molar-refractivity contribution >= 4 is 12.0 Å². The van der Waals surface area contributed by atoms with Crippen LogP contribution in [0.25, 0.3) is 0 Å². The Bertz CT molecular complexity index is 488. The van der Waals surface area contributed by atoms with Gasteiger partial charge in [-0.3, -0.25) is 9.69 Å². The fraction of sp³-hybridized carbons (Fsp3) is 0.500. The molecule has 0 aliphatic carbocycles. The standard InChI is InChI=1S/C16H22N2O3/c1-12(2)17-15(19)14-9-6-10-18(14)16(20)21-11-13-7-4-3-5-8-13/h3-5,7-8,12,14H,6,9-11H2,1-2H3,(H,17,19). The van der Waals surface area contributed by atoms with E-state index in [2.05, 4.69) is 5.32 Å². The number of hydrogen-bond donors (Lipinski definition) is 1. The number of hydrogen-bond acceptors (Lipinski definition) is 3. The molecule has 1 aromatic rings. The number of amides is 2. The molecule has 1 fully saturated rings. The Kier molecular flexibility index (Phi) is 5.20. The second kappa shape index (κ2) is 7.11. The molecule has 0 saturated carbocycles. The fourth-order valence-electron chi connectivity index (χ4n) is 2.44. The summed E-state index contributed by atoms with van der Waals surface area (Å²) in [5.41, 5.74) is 0.938. The summed E-state index contributed by atoms with van der Waals surface area (Å²) >= 11 is 0. The van der Waals surface area contributed by atoms with Crippen molar-refractivity contribution in [2.45, 2.75) is 45.4 Å². The van der Waals surface area contributed by atoms with Crippen LogP contribution in [0.3, 0.4) is 0 Å². The molecule has 1 aromatic carbocycles. The van der Waals surface area contributed by atoms with E-state index in [0.717, 1.165) is 12.0 Å². The molecular weight excluding hydrogens is 268 g/mol. The lowest BCUT2D eigenvalue weighted by Gasteiger charge is -2.24. The van der Waals surface area contributed by atoms with Gasteiger partial charge in [-0.25, -0.2) is 4.79 Å². The van der Waals surface area contributed by atoms with Crippen molar-refractivity contribution in [1.29, 1.82) is 0 Å². The van der Waals surface area contributed by atoms with Crippen molar-refractivity contribution < 1.29 is 14.3 Å². The lowest BCUT2D eigenvalue weighted by molar-refractivity contribution is -0.125. The summed E-state index contributed by atoms with van der Waals surface area (Å²) in [4.78, 5) is 25.8. The van der Waals surface area contributed by atoms with Crippen LogP contribution in [0.1, 0.15) is 32.3 Å². The smallest absolute Gasteiger partial charge is 0.410 e. The van der Waals surface area contributed by atoms with Crippen molar-refractivity contribution in [2.24, 2.45) is 0 Å². The molecule has 1 atom stereocenters. The molecule has 1 heterocycles. The molecule has 0 bridgehead atoms. The summed E-state index contributed by atoms with van der Waals surface area (Å²) in [5, 5.41) is 2.85. The lowest BCUT2D eigenvalue weighted by Crippen LogP contribution is -2.47. The number of nitrogens with zero attached hydrogens (tertiary/aromatic N) is 1. The van der Waals surface area contributed by atoms with Crippen LogP contribution >= 0.6 is 0 Å². The predicted molar refractivity (Wildman–Crippen MR) is 79.6 cm³/mol. The van der Waals surface area contributed by atoms with E-state index in [0.29, 0.717) is 13.0 Å². The maximum atomic E-state index is 12.1. The highest BCUT2D eigenvalue weighted by Gasteiger charge is 2.35. The second-order valence-corrected chi connectivity index (χ2v) is 5.55. The first-order valence-electron chi connectivity index (χ1n) is 7.35. The van der Waals surface area contributed by atoms with Gasteiger partial charge in [0, 0.05) is 12.6 Å². The van der Waals surface area contributed by atoms with E-state index in [1.54, 1.807) is 0 Å². The molecule has 1 N–H and O–H groups in total. The van der Waals surface area contributed by atoms with Crippen LogP contribution in [0.5, 0.6) is 0 Å². The molecule has 114 valence electrons. The quantitative estimate of drug-likeness (QED) is 0.925. The van der Waals surface area contributed by atoms with Crippen molar-refractivity contribution in [3.63, 3.8) is 0 Å². The van der Waals surface area contributed by atoms with Crippen molar-refractivity contribution in [1.82, 2.24) is 10.2 Å². The molecule has 1 unspecified atom stereocenters. The highest BCUT2D eigenvalue weighted by Crippen LogP contribution is 2.19. The number of rotatable bonds is 4. The number of nitrogens with one attached hydrogen (secondary N) is 1. The summed E-state index contributed by atoms with van der Waals surface area (Å²) in [7, 11) is 0. The summed E-state index contributed by atoms with van der Waals surface area (Å²) in [6.07, 6.45) is 1.11. The monoisotopic (exact) mass is 290 g/mol. The molecule has 2 amide bonds. The Morgan fingerprint density at radius 3 is 2.71 bits per heavy atom. The third-order valence-corrected chi connectivity index (χ3v) is 3.43. The first-order valence-corrected chi connectivity index (χ1v) is 7.35. The lowest BCUT2D eigenvalue weighted by atomic mass is 10.2. The van der Waals surface area contributed by atoms with Gasteiger partial charge in [-0.2, -0.15) is 0 Å². The van der Waals surface area contributed by atoms with Gasteiger partial charge in [0.15, 0.2) is 0 Å². The van der Waals surface area contributed by atoms with E-state index < -0.39 is 12.1 Å². The Balaban J connectivity index is 1.90. The highest BCUT2D eigenvalue weighted by molar-refractivity contribution is 5.86. The van der Waals surface area contributed by atoms with Crippen LogP contribution in [0.15, 0.2) is 30.3 Å². The number of carbonyl (C=O) groups excluding carboxylic acids is 2. The predicted octanol–water partition coefficient (Wildman–Crippen LogP) is 2.31. The average Bonchev–Trinajstić information content (AvgIpc) is 2.95. The molecule has 1 aliphatic heterocycles. The Morgan fingerprint density at radius 1 is 1.33 bits per heavy atom. The van der Waals surface area contributed by atoms with Gasteiger partial charge in [0.2, 0.25) is 5.91 Å². The minimum absolute atomic E-state index is 0.0697. The van der Waals surface area contributed by atoms with Gasteiger partial charge in [0.05, 0.1) is 0 Å². The van der Waals surface area contributed by atoms with Crippen LogP contribution in [0.2, 0.25) is 0 Å². The normalized spacial score (nSPS) is 17.9. The fourth-order valence-corrected chi connectivity index (χ4v) is 2.44. The maximum absolute atomic E-state index is 12.1. The van der Waals surface area contributed by atoms with Gasteiger partial charge in [-0.1, -0.05) is 30.3 Å². The zero-order valence-corrected chi connectivity index (χ0v) is 12.5. The molecule has 5 nitrogen and oxygen atoms in total. The molecular formula is C16H22N2O3. The number of carbonyl (C=O) groups is 2. The van der Waals surface area contributed by atoms with E-state index in [1.165, 1.54) is 4.90 Å². The van der Waals surface area contributed by atoms with Crippen LogP contribution in [-0.4, -0.2) is 35.5 Å². The van der Waals surface area contributed by atoms with E-state index in [4.69, 9.17) is 4.74 Å². The Morgan fingerprint density at radius 2 is 2.05 bits per heavy atom. The topological polar surface area (TPSA) is 58.6 Å². The average molecular weight is 290 g/mol. The van der Waals surface area contributed by atoms with Crippen molar-refractivity contribution in [3.05, 3.63) is 35.9 Å². The largest absolute Gasteiger partial charge is 0.445 e.